The highest BCUT2D eigenvalue weighted by Gasteiger charge is 2.26. The Morgan fingerprint density at radius 2 is 1.85 bits per heavy atom. The van der Waals surface area contributed by atoms with Crippen molar-refractivity contribution in [3.63, 3.8) is 0 Å². The van der Waals surface area contributed by atoms with E-state index in [1.54, 1.807) is 0 Å². The quantitative estimate of drug-likeness (QED) is 0.787. The average molecular weight is 395 g/mol. The zero-order valence-electron chi connectivity index (χ0n) is 14.7. The summed E-state index contributed by atoms with van der Waals surface area (Å²) in [5.74, 6) is 1.59. The monoisotopic (exact) mass is 394 g/mol. The Morgan fingerprint density at radius 3 is 2.42 bits per heavy atom. The van der Waals surface area contributed by atoms with Crippen LogP contribution in [0, 0.1) is 5.92 Å². The van der Waals surface area contributed by atoms with E-state index in [9.17, 15) is 8.42 Å². The van der Waals surface area contributed by atoms with Crippen molar-refractivity contribution >= 4 is 27.4 Å². The number of anilines is 1. The van der Waals surface area contributed by atoms with E-state index in [0.717, 1.165) is 49.3 Å². The second-order valence-electron chi connectivity index (χ2n) is 6.62. The number of nitrogens with two attached hydrogens (primary N) is 1. The van der Waals surface area contributed by atoms with Crippen molar-refractivity contribution in [3.05, 3.63) is 41.0 Å². The molecule has 1 fully saturated rings. The summed E-state index contributed by atoms with van der Waals surface area (Å²) in [4.78, 5) is 11.4. The zero-order valence-corrected chi connectivity index (χ0v) is 16.3. The number of piperidine rings is 1. The molecule has 3 rings (SSSR count). The molecule has 1 aliphatic heterocycles. The van der Waals surface area contributed by atoms with Crippen molar-refractivity contribution in [2.75, 3.05) is 23.7 Å². The van der Waals surface area contributed by atoms with Crippen molar-refractivity contribution < 1.29 is 8.42 Å². The number of hydrogen-bond donors (Lipinski definition) is 1. The Kier molecular flexibility index (Phi) is 5.79. The molecule has 2 heterocycles. The van der Waals surface area contributed by atoms with E-state index in [4.69, 9.17) is 21.7 Å². The fourth-order valence-electron chi connectivity index (χ4n) is 3.37. The Hall–Kier alpha value is -1.70. The number of benzene rings is 1. The smallest absolute Gasteiger partial charge is 0.209 e. The first-order valence-electron chi connectivity index (χ1n) is 8.74. The molecule has 0 aliphatic carbocycles. The van der Waals surface area contributed by atoms with E-state index in [1.165, 1.54) is 0 Å². The van der Waals surface area contributed by atoms with Gasteiger partial charge in [-0.25, -0.2) is 23.5 Å². The molecule has 1 aromatic carbocycles. The number of aromatic nitrogens is 2. The molecule has 0 radical (unpaired) electrons. The first-order valence-corrected chi connectivity index (χ1v) is 10.8. The number of hydrogen-bond acceptors (Lipinski definition) is 5. The summed E-state index contributed by atoms with van der Waals surface area (Å²) in [6.07, 6.45) is 2.27. The summed E-state index contributed by atoms with van der Waals surface area (Å²) < 4.78 is 22.6. The highest BCUT2D eigenvalue weighted by atomic mass is 35.5. The van der Waals surface area contributed by atoms with Crippen LogP contribution in [-0.2, 0) is 16.4 Å². The van der Waals surface area contributed by atoms with Crippen LogP contribution in [0.4, 0.5) is 5.82 Å². The van der Waals surface area contributed by atoms with Crippen LogP contribution in [0.3, 0.4) is 0 Å². The number of primary sulfonamides is 1. The molecule has 0 saturated carbocycles. The molecule has 1 aromatic heterocycles. The number of nitrogens with zero attached hydrogens (tertiary/aromatic N) is 3. The summed E-state index contributed by atoms with van der Waals surface area (Å²) in [5.41, 5.74) is 1.85. The van der Waals surface area contributed by atoms with Crippen LogP contribution < -0.4 is 10.0 Å². The summed E-state index contributed by atoms with van der Waals surface area (Å²) >= 11 is 6.45. The van der Waals surface area contributed by atoms with Crippen LogP contribution in [0.15, 0.2) is 30.3 Å². The molecule has 2 N–H and O–H groups in total. The molecule has 0 amide bonds. The van der Waals surface area contributed by atoms with E-state index < -0.39 is 10.0 Å². The standard InChI is InChI=1S/C18H23ClN4O2S/c1-2-15-16(19)21-17(14-6-4-3-5-7-14)22-18(15)23-10-8-13(9-11-23)12-26(20,24)25/h3-7,13H,2,8-12H2,1H3,(H2,20,24,25). The molecule has 26 heavy (non-hydrogen) atoms. The highest BCUT2D eigenvalue weighted by molar-refractivity contribution is 7.89. The van der Waals surface area contributed by atoms with Crippen molar-refractivity contribution in [2.24, 2.45) is 11.1 Å². The fourth-order valence-corrected chi connectivity index (χ4v) is 4.66. The first kappa shape index (κ1) is 19.1. The van der Waals surface area contributed by atoms with E-state index in [1.807, 2.05) is 37.3 Å². The third-order valence-corrected chi connectivity index (χ3v) is 5.95. The van der Waals surface area contributed by atoms with Gasteiger partial charge >= 0.3 is 0 Å². The maximum Gasteiger partial charge on any atom is 0.209 e. The van der Waals surface area contributed by atoms with Gasteiger partial charge in [-0.05, 0) is 25.2 Å². The average Bonchev–Trinajstić information content (AvgIpc) is 2.61. The predicted octanol–water partition coefficient (Wildman–Crippen LogP) is 2.86. The largest absolute Gasteiger partial charge is 0.356 e. The second-order valence-corrected chi connectivity index (χ2v) is 8.64. The Labute approximate surface area is 159 Å². The van der Waals surface area contributed by atoms with Gasteiger partial charge in [-0.3, -0.25) is 0 Å². The van der Waals surface area contributed by atoms with Crippen molar-refractivity contribution in [2.45, 2.75) is 26.2 Å². The lowest BCUT2D eigenvalue weighted by Crippen LogP contribution is -2.38. The lowest BCUT2D eigenvalue weighted by atomic mass is 9.98. The van der Waals surface area contributed by atoms with E-state index in [2.05, 4.69) is 9.88 Å². The van der Waals surface area contributed by atoms with Crippen molar-refractivity contribution in [3.8, 4) is 11.4 Å². The molecule has 2 aromatic rings. The highest BCUT2D eigenvalue weighted by Crippen LogP contribution is 2.31. The van der Waals surface area contributed by atoms with Crippen LogP contribution in [0.5, 0.6) is 0 Å². The SMILES string of the molecule is CCc1c(Cl)nc(-c2ccccc2)nc1N1CCC(CS(N)(=O)=O)CC1. The van der Waals surface area contributed by atoms with E-state index in [0.29, 0.717) is 11.0 Å². The van der Waals surface area contributed by atoms with Gasteiger partial charge < -0.3 is 4.90 Å². The maximum atomic E-state index is 11.3. The predicted molar refractivity (Wildman–Crippen MR) is 105 cm³/mol. The lowest BCUT2D eigenvalue weighted by molar-refractivity contribution is 0.433. The molecule has 0 atom stereocenters. The second kappa shape index (κ2) is 7.90. The van der Waals surface area contributed by atoms with Gasteiger partial charge in [0.2, 0.25) is 10.0 Å². The molecule has 8 heteroatoms. The van der Waals surface area contributed by atoms with Crippen LogP contribution in [0.25, 0.3) is 11.4 Å². The van der Waals surface area contributed by atoms with Gasteiger partial charge in [-0.1, -0.05) is 48.9 Å². The Morgan fingerprint density at radius 1 is 1.19 bits per heavy atom. The van der Waals surface area contributed by atoms with Gasteiger partial charge in [0.1, 0.15) is 11.0 Å². The summed E-state index contributed by atoms with van der Waals surface area (Å²) in [7, 11) is -3.43. The normalized spacial score (nSPS) is 16.0. The first-order chi connectivity index (χ1) is 12.4. The third kappa shape index (κ3) is 4.52. The number of sulfonamides is 1. The topological polar surface area (TPSA) is 89.2 Å². The third-order valence-electron chi connectivity index (χ3n) is 4.70. The number of rotatable bonds is 5. The van der Waals surface area contributed by atoms with Crippen molar-refractivity contribution in [1.82, 2.24) is 9.97 Å². The summed E-state index contributed by atoms with van der Waals surface area (Å²) in [6.45, 7) is 3.49. The van der Waals surface area contributed by atoms with Gasteiger partial charge in [0.15, 0.2) is 5.82 Å². The van der Waals surface area contributed by atoms with Crippen LogP contribution >= 0.6 is 11.6 Å². The number of halogens is 1. The minimum Gasteiger partial charge on any atom is -0.356 e. The van der Waals surface area contributed by atoms with Gasteiger partial charge in [0.05, 0.1) is 5.75 Å². The van der Waals surface area contributed by atoms with Gasteiger partial charge in [-0.15, -0.1) is 0 Å². The fraction of sp³-hybridized carbons (Fsp3) is 0.444. The van der Waals surface area contributed by atoms with Crippen LogP contribution in [0.2, 0.25) is 5.15 Å². The Balaban J connectivity index is 1.86. The van der Waals surface area contributed by atoms with Gasteiger partial charge in [-0.2, -0.15) is 0 Å². The molecule has 6 nitrogen and oxygen atoms in total. The van der Waals surface area contributed by atoms with Crippen molar-refractivity contribution in [1.29, 1.82) is 0 Å². The van der Waals surface area contributed by atoms with Gasteiger partial charge in [0, 0.05) is 24.2 Å². The minimum atomic E-state index is -3.43. The molecule has 0 bridgehead atoms. The van der Waals surface area contributed by atoms with Crippen LogP contribution in [-0.4, -0.2) is 37.2 Å². The van der Waals surface area contributed by atoms with E-state index >= 15 is 0 Å². The minimum absolute atomic E-state index is 0.0429. The molecular formula is C18H23ClN4O2S. The Bertz CT molecular complexity index is 866. The molecule has 1 saturated heterocycles. The molecule has 1 aliphatic rings. The summed E-state index contributed by atoms with van der Waals surface area (Å²) in [5, 5.41) is 5.66. The molecule has 0 spiro atoms. The summed E-state index contributed by atoms with van der Waals surface area (Å²) in [6, 6.07) is 9.75. The molecular weight excluding hydrogens is 372 g/mol. The van der Waals surface area contributed by atoms with E-state index in [-0.39, 0.29) is 11.7 Å². The molecule has 0 unspecified atom stereocenters. The maximum absolute atomic E-state index is 11.3. The molecule has 140 valence electrons. The van der Waals surface area contributed by atoms with Gasteiger partial charge in [0.25, 0.3) is 0 Å². The van der Waals surface area contributed by atoms with Crippen LogP contribution in [0.1, 0.15) is 25.3 Å². The zero-order chi connectivity index (χ0) is 18.7. The lowest BCUT2D eigenvalue weighted by Gasteiger charge is -2.33.